The van der Waals surface area contributed by atoms with Gasteiger partial charge >= 0.3 is 0 Å². The molecular formula is C18H26N6O. The SMILES string of the molecule is CN1CCN(CC(=O)N2CCN(c3cccc4[nH]ncc34)CC2)CC1. The highest BCUT2D eigenvalue weighted by Crippen LogP contribution is 2.26. The minimum atomic E-state index is 0.269. The number of carbonyl (C=O) groups is 1. The van der Waals surface area contributed by atoms with E-state index in [1.165, 1.54) is 5.69 Å². The lowest BCUT2D eigenvalue weighted by atomic mass is 10.2. The largest absolute Gasteiger partial charge is 0.367 e. The Morgan fingerprint density at radius 3 is 2.60 bits per heavy atom. The number of benzene rings is 1. The molecule has 2 aliphatic heterocycles. The van der Waals surface area contributed by atoms with Crippen LogP contribution in [0.2, 0.25) is 0 Å². The number of nitrogens with zero attached hydrogens (tertiary/aromatic N) is 5. The van der Waals surface area contributed by atoms with E-state index in [-0.39, 0.29) is 5.91 Å². The molecule has 1 aromatic carbocycles. The Labute approximate surface area is 148 Å². The van der Waals surface area contributed by atoms with Crippen molar-refractivity contribution >= 4 is 22.5 Å². The van der Waals surface area contributed by atoms with Crippen LogP contribution in [0.4, 0.5) is 5.69 Å². The number of anilines is 1. The molecule has 1 aromatic heterocycles. The summed E-state index contributed by atoms with van der Waals surface area (Å²) in [5.74, 6) is 0.269. The second kappa shape index (κ2) is 7.01. The van der Waals surface area contributed by atoms with E-state index in [2.05, 4.69) is 44.1 Å². The van der Waals surface area contributed by atoms with E-state index in [4.69, 9.17) is 0 Å². The van der Waals surface area contributed by atoms with Gasteiger partial charge in [-0.1, -0.05) is 6.07 Å². The second-order valence-corrected chi connectivity index (χ2v) is 7.06. The molecule has 0 saturated carbocycles. The van der Waals surface area contributed by atoms with Gasteiger partial charge in [0.25, 0.3) is 0 Å². The fourth-order valence-electron chi connectivity index (χ4n) is 3.72. The molecule has 0 bridgehead atoms. The number of hydrogen-bond acceptors (Lipinski definition) is 5. The van der Waals surface area contributed by atoms with Gasteiger partial charge in [-0.25, -0.2) is 0 Å². The molecule has 0 unspecified atom stereocenters. The molecule has 2 saturated heterocycles. The highest BCUT2D eigenvalue weighted by atomic mass is 16.2. The van der Waals surface area contributed by atoms with Crippen LogP contribution in [-0.2, 0) is 4.79 Å². The maximum absolute atomic E-state index is 12.6. The van der Waals surface area contributed by atoms with Gasteiger partial charge in [0, 0.05) is 63.4 Å². The summed E-state index contributed by atoms with van der Waals surface area (Å²) >= 11 is 0. The van der Waals surface area contributed by atoms with E-state index in [1.807, 2.05) is 17.2 Å². The Morgan fingerprint density at radius 2 is 1.84 bits per heavy atom. The fourth-order valence-corrected chi connectivity index (χ4v) is 3.72. The Hall–Kier alpha value is -2.12. The van der Waals surface area contributed by atoms with Gasteiger partial charge in [-0.3, -0.25) is 14.8 Å². The number of likely N-dealkylation sites (N-methyl/N-ethyl adjacent to an activating group) is 1. The Balaban J connectivity index is 1.33. The molecule has 7 nitrogen and oxygen atoms in total. The summed E-state index contributed by atoms with van der Waals surface area (Å²) in [6, 6.07) is 6.24. The summed E-state index contributed by atoms with van der Waals surface area (Å²) in [6.45, 7) is 7.98. The third-order valence-electron chi connectivity index (χ3n) is 5.39. The van der Waals surface area contributed by atoms with Gasteiger partial charge in [0.15, 0.2) is 0 Å². The van der Waals surface area contributed by atoms with Crippen LogP contribution in [0.3, 0.4) is 0 Å². The molecule has 2 aliphatic rings. The summed E-state index contributed by atoms with van der Waals surface area (Å²) in [5, 5.41) is 8.32. The number of nitrogens with one attached hydrogen (secondary N) is 1. The summed E-state index contributed by atoms with van der Waals surface area (Å²) < 4.78 is 0. The molecule has 134 valence electrons. The first kappa shape index (κ1) is 16.4. The van der Waals surface area contributed by atoms with Crippen LogP contribution in [0.1, 0.15) is 0 Å². The monoisotopic (exact) mass is 342 g/mol. The zero-order valence-corrected chi connectivity index (χ0v) is 14.8. The number of fused-ring (bicyclic) bond motifs is 1. The average molecular weight is 342 g/mol. The van der Waals surface area contributed by atoms with Crippen molar-refractivity contribution in [1.82, 2.24) is 24.9 Å². The average Bonchev–Trinajstić information content (AvgIpc) is 3.12. The minimum Gasteiger partial charge on any atom is -0.367 e. The fraction of sp³-hybridized carbons (Fsp3) is 0.556. The highest BCUT2D eigenvalue weighted by Gasteiger charge is 2.24. The summed E-state index contributed by atoms with van der Waals surface area (Å²) in [7, 11) is 2.14. The lowest BCUT2D eigenvalue weighted by molar-refractivity contribution is -0.133. The van der Waals surface area contributed by atoms with Gasteiger partial charge < -0.3 is 14.7 Å². The van der Waals surface area contributed by atoms with Crippen molar-refractivity contribution in [3.8, 4) is 0 Å². The third kappa shape index (κ3) is 3.48. The normalized spacial score (nSPS) is 20.4. The van der Waals surface area contributed by atoms with Gasteiger partial charge in [0.05, 0.1) is 18.3 Å². The predicted molar refractivity (Wildman–Crippen MR) is 98.8 cm³/mol. The van der Waals surface area contributed by atoms with E-state index in [1.54, 1.807) is 0 Å². The second-order valence-electron chi connectivity index (χ2n) is 7.06. The quantitative estimate of drug-likeness (QED) is 0.878. The number of carbonyl (C=O) groups excluding carboxylic acids is 1. The molecule has 0 atom stereocenters. The van der Waals surface area contributed by atoms with Crippen LogP contribution in [0.25, 0.3) is 10.9 Å². The van der Waals surface area contributed by atoms with Crippen molar-refractivity contribution in [2.24, 2.45) is 0 Å². The Morgan fingerprint density at radius 1 is 1.08 bits per heavy atom. The zero-order chi connectivity index (χ0) is 17.2. The smallest absolute Gasteiger partial charge is 0.236 e. The molecule has 0 spiro atoms. The van der Waals surface area contributed by atoms with Crippen molar-refractivity contribution in [2.75, 3.05) is 70.9 Å². The lowest BCUT2D eigenvalue weighted by Crippen LogP contribution is -2.53. The molecule has 4 rings (SSSR count). The maximum atomic E-state index is 12.6. The molecule has 1 N–H and O–H groups in total. The van der Waals surface area contributed by atoms with E-state index < -0.39 is 0 Å². The number of aromatic nitrogens is 2. The van der Waals surface area contributed by atoms with Gasteiger partial charge in [0.1, 0.15) is 0 Å². The third-order valence-corrected chi connectivity index (χ3v) is 5.39. The van der Waals surface area contributed by atoms with Gasteiger partial charge in [-0.05, 0) is 19.2 Å². The van der Waals surface area contributed by atoms with Crippen molar-refractivity contribution in [3.05, 3.63) is 24.4 Å². The number of H-pyrrole nitrogens is 1. The number of piperazine rings is 2. The standard InChI is InChI=1S/C18H26N6O/c1-21-5-7-22(8-6-21)14-18(25)24-11-9-23(10-12-24)17-4-2-3-16-15(17)13-19-20-16/h2-4,13H,5-12,14H2,1H3,(H,19,20). The number of rotatable bonds is 3. The molecular weight excluding hydrogens is 316 g/mol. The first-order valence-electron chi connectivity index (χ1n) is 9.06. The molecule has 7 heteroatoms. The van der Waals surface area contributed by atoms with Crippen molar-refractivity contribution in [3.63, 3.8) is 0 Å². The molecule has 1 amide bonds. The molecule has 2 fully saturated rings. The maximum Gasteiger partial charge on any atom is 0.236 e. The molecule has 2 aromatic rings. The topological polar surface area (TPSA) is 58.7 Å². The van der Waals surface area contributed by atoms with Crippen LogP contribution in [0.15, 0.2) is 24.4 Å². The van der Waals surface area contributed by atoms with Crippen molar-refractivity contribution in [1.29, 1.82) is 0 Å². The molecule has 0 aliphatic carbocycles. The van der Waals surface area contributed by atoms with Crippen LogP contribution in [0, 0.1) is 0 Å². The van der Waals surface area contributed by atoms with E-state index in [0.717, 1.165) is 63.3 Å². The molecule has 0 radical (unpaired) electrons. The molecule has 25 heavy (non-hydrogen) atoms. The first-order valence-corrected chi connectivity index (χ1v) is 9.06. The van der Waals surface area contributed by atoms with Crippen molar-refractivity contribution in [2.45, 2.75) is 0 Å². The number of aromatic amines is 1. The van der Waals surface area contributed by atoms with E-state index in [0.29, 0.717) is 6.54 Å². The lowest BCUT2D eigenvalue weighted by Gasteiger charge is -2.38. The first-order chi connectivity index (χ1) is 12.2. The van der Waals surface area contributed by atoms with E-state index in [9.17, 15) is 4.79 Å². The Bertz CT molecular complexity index is 728. The van der Waals surface area contributed by atoms with Crippen LogP contribution < -0.4 is 4.90 Å². The van der Waals surface area contributed by atoms with E-state index >= 15 is 0 Å². The summed E-state index contributed by atoms with van der Waals surface area (Å²) in [5.41, 5.74) is 2.27. The highest BCUT2D eigenvalue weighted by molar-refractivity contribution is 5.91. The van der Waals surface area contributed by atoms with Crippen molar-refractivity contribution < 1.29 is 4.79 Å². The summed E-state index contributed by atoms with van der Waals surface area (Å²) in [6.07, 6.45) is 1.88. The number of amides is 1. The molecule has 3 heterocycles. The predicted octanol–water partition coefficient (Wildman–Crippen LogP) is 0.459. The summed E-state index contributed by atoms with van der Waals surface area (Å²) in [4.78, 5) is 21.6. The van der Waals surface area contributed by atoms with Crippen LogP contribution in [-0.4, -0.2) is 96.8 Å². The van der Waals surface area contributed by atoms with Crippen LogP contribution >= 0.6 is 0 Å². The van der Waals surface area contributed by atoms with Gasteiger partial charge in [-0.15, -0.1) is 0 Å². The van der Waals surface area contributed by atoms with Crippen LogP contribution in [0.5, 0.6) is 0 Å². The zero-order valence-electron chi connectivity index (χ0n) is 14.8. The van der Waals surface area contributed by atoms with Gasteiger partial charge in [0.2, 0.25) is 5.91 Å². The number of hydrogen-bond donors (Lipinski definition) is 1. The Kier molecular flexibility index (Phi) is 4.59. The van der Waals surface area contributed by atoms with Gasteiger partial charge in [-0.2, -0.15) is 5.10 Å². The minimum absolute atomic E-state index is 0.269.